The fourth-order valence-electron chi connectivity index (χ4n) is 1.93. The Balaban J connectivity index is 2.12. The fraction of sp³-hybridized carbons (Fsp3) is 0.214. The van der Waals surface area contributed by atoms with Crippen molar-refractivity contribution in [3.05, 3.63) is 52.6 Å². The predicted octanol–water partition coefficient (Wildman–Crippen LogP) is 1.80. The molecule has 21 heavy (non-hydrogen) atoms. The molecule has 0 saturated heterocycles. The minimum Gasteiger partial charge on any atom is -0.480 e. The Kier molecular flexibility index (Phi) is 4.59. The number of halogens is 1. The maximum absolute atomic E-state index is 12.1. The highest BCUT2D eigenvalue weighted by Crippen LogP contribution is 2.14. The summed E-state index contributed by atoms with van der Waals surface area (Å²) in [4.78, 5) is 30.0. The first-order valence-corrected chi connectivity index (χ1v) is 6.61. The van der Waals surface area contributed by atoms with Crippen molar-refractivity contribution in [3.8, 4) is 0 Å². The van der Waals surface area contributed by atoms with Crippen molar-refractivity contribution < 1.29 is 14.7 Å². The Bertz CT molecular complexity index is 635. The number of benzene rings is 1. The van der Waals surface area contributed by atoms with Gasteiger partial charge in [-0.2, -0.15) is 0 Å². The number of rotatable bonds is 5. The Hall–Kier alpha value is -2.34. The van der Waals surface area contributed by atoms with Crippen molar-refractivity contribution in [2.45, 2.75) is 19.4 Å². The molecule has 1 atom stereocenters. The molecule has 2 rings (SSSR count). The normalized spacial score (nSPS) is 11.9. The molecule has 3 N–H and O–H groups in total. The summed E-state index contributed by atoms with van der Waals surface area (Å²) in [5.74, 6) is -1.59. The highest BCUT2D eigenvalue weighted by atomic mass is 35.5. The number of hydrogen-bond acceptors (Lipinski definition) is 3. The van der Waals surface area contributed by atoms with Crippen molar-refractivity contribution >= 4 is 23.5 Å². The molecular formula is C14H14ClN3O3. The van der Waals surface area contributed by atoms with E-state index in [9.17, 15) is 14.7 Å². The molecule has 2 aromatic rings. The number of carbonyl (C=O) groups is 2. The first kappa shape index (κ1) is 15.1. The van der Waals surface area contributed by atoms with Crippen LogP contribution in [0.2, 0.25) is 5.02 Å². The van der Waals surface area contributed by atoms with Crippen molar-refractivity contribution in [2.24, 2.45) is 0 Å². The number of aromatic nitrogens is 2. The van der Waals surface area contributed by atoms with E-state index in [-0.39, 0.29) is 6.42 Å². The number of amides is 1. The SMILES string of the molecule is Cc1cc(Cl)cc(C(=O)N[C@@H](Cc2cnc[nH]2)C(=O)O)c1. The zero-order valence-electron chi connectivity index (χ0n) is 11.3. The summed E-state index contributed by atoms with van der Waals surface area (Å²) in [6.07, 6.45) is 3.10. The van der Waals surface area contributed by atoms with Crippen LogP contribution in [-0.2, 0) is 11.2 Å². The predicted molar refractivity (Wildman–Crippen MR) is 77.4 cm³/mol. The van der Waals surface area contributed by atoms with E-state index in [2.05, 4.69) is 15.3 Å². The highest BCUT2D eigenvalue weighted by molar-refractivity contribution is 6.31. The molecule has 0 aliphatic rings. The number of nitrogens with zero attached hydrogens (tertiary/aromatic N) is 1. The van der Waals surface area contributed by atoms with E-state index in [0.29, 0.717) is 16.3 Å². The number of hydrogen-bond donors (Lipinski definition) is 3. The number of aryl methyl sites for hydroxylation is 1. The summed E-state index contributed by atoms with van der Waals surface area (Å²) in [7, 11) is 0. The van der Waals surface area contributed by atoms with Gasteiger partial charge in [-0.05, 0) is 30.7 Å². The van der Waals surface area contributed by atoms with Crippen LogP contribution in [0.25, 0.3) is 0 Å². The summed E-state index contributed by atoms with van der Waals surface area (Å²) in [5.41, 5.74) is 1.79. The van der Waals surface area contributed by atoms with Crippen LogP contribution in [0.5, 0.6) is 0 Å². The van der Waals surface area contributed by atoms with Crippen LogP contribution in [-0.4, -0.2) is 33.0 Å². The summed E-state index contributed by atoms with van der Waals surface area (Å²) < 4.78 is 0. The van der Waals surface area contributed by atoms with E-state index < -0.39 is 17.9 Å². The van der Waals surface area contributed by atoms with E-state index in [0.717, 1.165) is 5.56 Å². The van der Waals surface area contributed by atoms with Gasteiger partial charge in [0, 0.05) is 28.9 Å². The van der Waals surface area contributed by atoms with Crippen molar-refractivity contribution in [3.63, 3.8) is 0 Å². The van der Waals surface area contributed by atoms with Crippen LogP contribution in [0, 0.1) is 6.92 Å². The molecule has 1 aromatic carbocycles. The van der Waals surface area contributed by atoms with Gasteiger partial charge in [-0.15, -0.1) is 0 Å². The molecule has 0 saturated carbocycles. The van der Waals surface area contributed by atoms with E-state index in [4.69, 9.17) is 11.6 Å². The van der Waals surface area contributed by atoms with Crippen LogP contribution in [0.1, 0.15) is 21.6 Å². The molecule has 0 spiro atoms. The van der Waals surface area contributed by atoms with Gasteiger partial charge in [-0.3, -0.25) is 4.79 Å². The van der Waals surface area contributed by atoms with E-state index in [1.165, 1.54) is 18.6 Å². The molecule has 7 heteroatoms. The minimum atomic E-state index is -1.11. The molecule has 1 heterocycles. The van der Waals surface area contributed by atoms with Crippen molar-refractivity contribution in [1.29, 1.82) is 0 Å². The van der Waals surface area contributed by atoms with Crippen molar-refractivity contribution in [2.75, 3.05) is 0 Å². The molecule has 0 aliphatic carbocycles. The molecule has 110 valence electrons. The summed E-state index contributed by atoms with van der Waals surface area (Å²) >= 11 is 5.90. The van der Waals surface area contributed by atoms with Gasteiger partial charge in [0.2, 0.25) is 0 Å². The lowest BCUT2D eigenvalue weighted by Gasteiger charge is -2.14. The number of aliphatic carboxylic acids is 1. The number of carbonyl (C=O) groups excluding carboxylic acids is 1. The number of H-pyrrole nitrogens is 1. The lowest BCUT2D eigenvalue weighted by atomic mass is 10.1. The number of imidazole rings is 1. The van der Waals surface area contributed by atoms with Gasteiger partial charge in [-0.25, -0.2) is 9.78 Å². The fourth-order valence-corrected chi connectivity index (χ4v) is 2.21. The van der Waals surface area contributed by atoms with Gasteiger partial charge in [0.15, 0.2) is 0 Å². The molecule has 0 aliphatic heterocycles. The van der Waals surface area contributed by atoms with Gasteiger partial charge >= 0.3 is 5.97 Å². The van der Waals surface area contributed by atoms with E-state index in [1.807, 2.05) is 6.92 Å². The second-order valence-electron chi connectivity index (χ2n) is 4.66. The second kappa shape index (κ2) is 6.41. The van der Waals surface area contributed by atoms with E-state index >= 15 is 0 Å². The standard InChI is InChI=1S/C14H14ClN3O3/c1-8-2-9(4-10(15)3-8)13(19)18-12(14(20)21)5-11-6-16-7-17-11/h2-4,6-7,12H,5H2,1H3,(H,16,17)(H,18,19)(H,20,21)/t12-/m0/s1. The summed E-state index contributed by atoms with van der Waals surface area (Å²) in [5, 5.41) is 12.1. The van der Waals surface area contributed by atoms with Crippen LogP contribution < -0.4 is 5.32 Å². The maximum atomic E-state index is 12.1. The highest BCUT2D eigenvalue weighted by Gasteiger charge is 2.22. The zero-order valence-corrected chi connectivity index (χ0v) is 12.0. The summed E-state index contributed by atoms with van der Waals surface area (Å²) in [6.45, 7) is 1.81. The third-order valence-electron chi connectivity index (χ3n) is 2.89. The third-order valence-corrected chi connectivity index (χ3v) is 3.10. The molecule has 0 unspecified atom stereocenters. The first-order chi connectivity index (χ1) is 9.95. The van der Waals surface area contributed by atoms with Crippen LogP contribution in [0.3, 0.4) is 0 Å². The zero-order chi connectivity index (χ0) is 15.4. The average molecular weight is 308 g/mol. The topological polar surface area (TPSA) is 95.1 Å². The molecule has 6 nitrogen and oxygen atoms in total. The Morgan fingerprint density at radius 1 is 1.43 bits per heavy atom. The average Bonchev–Trinajstić information content (AvgIpc) is 2.89. The minimum absolute atomic E-state index is 0.126. The van der Waals surface area contributed by atoms with Crippen LogP contribution in [0.4, 0.5) is 0 Å². The number of carboxylic acids is 1. The van der Waals surface area contributed by atoms with E-state index in [1.54, 1.807) is 12.1 Å². The monoisotopic (exact) mass is 307 g/mol. The third kappa shape index (κ3) is 4.06. The number of carboxylic acid groups (broad SMARTS) is 1. The number of aromatic amines is 1. The van der Waals surface area contributed by atoms with Gasteiger partial charge in [0.25, 0.3) is 5.91 Å². The second-order valence-corrected chi connectivity index (χ2v) is 5.10. The summed E-state index contributed by atoms with van der Waals surface area (Å²) in [6, 6.07) is 3.82. The quantitative estimate of drug-likeness (QED) is 0.785. The van der Waals surface area contributed by atoms with Crippen LogP contribution >= 0.6 is 11.6 Å². The smallest absolute Gasteiger partial charge is 0.326 e. The molecule has 0 fully saturated rings. The lowest BCUT2D eigenvalue weighted by molar-refractivity contribution is -0.139. The molecule has 1 amide bonds. The van der Waals surface area contributed by atoms with Crippen molar-refractivity contribution in [1.82, 2.24) is 15.3 Å². The Morgan fingerprint density at radius 2 is 2.19 bits per heavy atom. The van der Waals surface area contributed by atoms with Gasteiger partial charge in [-0.1, -0.05) is 11.6 Å². The molecule has 0 bridgehead atoms. The molecule has 0 radical (unpaired) electrons. The Morgan fingerprint density at radius 3 is 2.76 bits per heavy atom. The largest absolute Gasteiger partial charge is 0.480 e. The molecule has 1 aromatic heterocycles. The van der Waals surface area contributed by atoms with Gasteiger partial charge in [0.1, 0.15) is 6.04 Å². The number of nitrogens with one attached hydrogen (secondary N) is 2. The van der Waals surface area contributed by atoms with Gasteiger partial charge in [0.05, 0.1) is 6.33 Å². The Labute approximate surface area is 126 Å². The molecular weight excluding hydrogens is 294 g/mol. The first-order valence-electron chi connectivity index (χ1n) is 6.24. The van der Waals surface area contributed by atoms with Gasteiger partial charge < -0.3 is 15.4 Å². The maximum Gasteiger partial charge on any atom is 0.326 e. The lowest BCUT2D eigenvalue weighted by Crippen LogP contribution is -2.42. The van der Waals surface area contributed by atoms with Crippen LogP contribution in [0.15, 0.2) is 30.7 Å².